The Bertz CT molecular complexity index is 2690. The fraction of sp³-hybridized carbons (Fsp3) is 0.912. The van der Waals surface area contributed by atoms with Gasteiger partial charge in [0, 0.05) is 159 Å². The molecule has 1 spiro atoms. The van der Waals surface area contributed by atoms with Crippen LogP contribution in [0.15, 0.2) is 24.3 Å². The van der Waals surface area contributed by atoms with Gasteiger partial charge in [-0.3, -0.25) is 58.6 Å². The third-order valence-corrected chi connectivity index (χ3v) is 24.0. The number of rotatable bonds is 2. The Labute approximate surface area is 667 Å². The van der Waals surface area contributed by atoms with Gasteiger partial charge in [0.1, 0.15) is 0 Å². The van der Waals surface area contributed by atoms with Crippen LogP contribution in [0.3, 0.4) is 0 Å². The van der Waals surface area contributed by atoms with Gasteiger partial charge < -0.3 is 14.5 Å². The molecule has 0 atom stereocenters. The van der Waals surface area contributed by atoms with Gasteiger partial charge in [-0.15, -0.1) is 0 Å². The lowest BCUT2D eigenvalue weighted by Crippen LogP contribution is -2.64. The lowest BCUT2D eigenvalue weighted by molar-refractivity contribution is -0.160. The van der Waals surface area contributed by atoms with Crippen molar-refractivity contribution in [2.45, 2.75) is 366 Å². The summed E-state index contributed by atoms with van der Waals surface area (Å²) in [5.41, 5.74) is 4.85. The van der Waals surface area contributed by atoms with Crippen molar-refractivity contribution in [3.05, 3.63) is 35.4 Å². The zero-order chi connectivity index (χ0) is 83.5. The second-order valence-corrected chi connectivity index (χ2v) is 45.5. The molecule has 0 bridgehead atoms. The van der Waals surface area contributed by atoms with Crippen LogP contribution >= 0.6 is 0 Å². The number of likely N-dealkylation sites (N-methyl/N-ethyl adjacent to an activating group) is 1. The smallest absolute Gasteiger partial charge is 0.272 e. The highest BCUT2D eigenvalue weighted by Gasteiger charge is 2.51. The normalized spacial score (nSPS) is 23.6. The van der Waals surface area contributed by atoms with Crippen LogP contribution in [0.4, 0.5) is 8.78 Å². The number of hydrogen-bond acceptors (Lipinski definition) is 14. The minimum Gasteiger partial charge on any atom is -0.379 e. The zero-order valence-electron chi connectivity index (χ0n) is 78.4. The standard InChI is InChI=1S/C12H13NO2.C10H19N.C9H20N2.C9H19N.C8H17NO.3C8H17N.C7H13F2N.C7H15N.C5H11N/c1-12(2,3)13-10(14)8-6-4-5-7-9(8)11(13)15;1-9(2,3)11-7-10(8-11)5-4-6-10;1-9(2,3)11-6-8(7-11)10(4)5;1-8(2,3)10-7-6-9(10,4)5;1-8(2,3)9-5-7(6-9)10-4;2*1-7-5-9(6-7)8(2,3)4;1-8(2,3)9-6-4-5-7-9;1-6(2,3)10-4-7(8,9)5-10;1-7(2,3)8-5-4-6-8;1-5-3-6(2)4-5/h4-7H,1-3H3;4-8H2,1-3H3;8H,6-7H2,1-5H3;6-7H2,1-5H3;7H,5-6H2,1-4H3;2*7H,5-6H2,1-4H3;4-7H2,1-3H3;4-5H2,1-3H3;4-6H2,1-3H3;5H,3-4H2,1-2H3. The SMILES string of the molecule is CC(C)(C)N1C(=O)c2ccccc2C1=O.CC(C)(C)N1CC(F)(F)C1.CC(C)(C)N1CC2(CCC2)C1.CC(C)(C)N1CCC1.CC(C)(C)N1CCC1(C)C.CC(C)(C)N1CCCC1.CC1CN(C(C)(C)C)C1.CC1CN(C(C)(C)C)C1.CC1CN(C)C1.CN(C)C1CN(C(C)(C)C)C1.COC1CN(C(C)(C)C)C1. The van der Waals surface area contributed by atoms with Crippen LogP contribution < -0.4 is 0 Å². The van der Waals surface area contributed by atoms with Crippen molar-refractivity contribution >= 4 is 11.8 Å². The van der Waals surface area contributed by atoms with Crippen LogP contribution in [0.5, 0.6) is 0 Å². The van der Waals surface area contributed by atoms with Crippen LogP contribution in [0, 0.1) is 23.2 Å². The van der Waals surface area contributed by atoms with Crippen molar-refractivity contribution in [3.8, 4) is 0 Å². The molecule has 11 fully saturated rings. The molecular weight excluding hydrogens is 1350 g/mol. The van der Waals surface area contributed by atoms with E-state index in [1.54, 1.807) is 36.3 Å². The summed E-state index contributed by atoms with van der Waals surface area (Å²) in [6, 6.07) is 7.73. The molecule has 2 amide bonds. The molecule has 0 unspecified atom stereocenters. The number of ether oxygens (including phenoxy) is 1. The van der Waals surface area contributed by atoms with Crippen LogP contribution in [0.2, 0.25) is 0 Å². The third-order valence-electron chi connectivity index (χ3n) is 24.0. The first-order valence-corrected chi connectivity index (χ1v) is 42.6. The average Bonchev–Trinajstić information content (AvgIpc) is 0.796. The van der Waals surface area contributed by atoms with Gasteiger partial charge in [0.15, 0.2) is 0 Å². The third kappa shape index (κ3) is 32.4. The van der Waals surface area contributed by atoms with Crippen molar-refractivity contribution in [2.75, 3.05) is 153 Å². The van der Waals surface area contributed by atoms with Crippen molar-refractivity contribution < 1.29 is 23.1 Å². The summed E-state index contributed by atoms with van der Waals surface area (Å²) in [7, 11) is 8.25. The van der Waals surface area contributed by atoms with Gasteiger partial charge in [-0.2, -0.15) is 0 Å². The number of likely N-dealkylation sites (tertiary alicyclic amines) is 10. The van der Waals surface area contributed by atoms with E-state index in [-0.39, 0.29) is 30.4 Å². The number of amides is 2. The molecule has 12 aliphatic rings. The molecule has 17 heteroatoms. The second-order valence-electron chi connectivity index (χ2n) is 45.5. The van der Waals surface area contributed by atoms with E-state index in [4.69, 9.17) is 4.74 Å². The van der Waals surface area contributed by atoms with Gasteiger partial charge >= 0.3 is 0 Å². The van der Waals surface area contributed by atoms with E-state index in [9.17, 15) is 18.4 Å². The monoisotopic (exact) mass is 1530 g/mol. The van der Waals surface area contributed by atoms with E-state index < -0.39 is 11.5 Å². The highest BCUT2D eigenvalue weighted by Crippen LogP contribution is 2.50. The summed E-state index contributed by atoms with van der Waals surface area (Å²) in [5, 5.41) is 0. The number of nitrogens with zero attached hydrogens (tertiary/aromatic N) is 12. The number of benzene rings is 1. The first-order chi connectivity index (χ1) is 48.5. The fourth-order valence-corrected chi connectivity index (χ4v) is 15.3. The van der Waals surface area contributed by atoms with Crippen LogP contribution in [0.25, 0.3) is 0 Å². The van der Waals surface area contributed by atoms with E-state index in [0.29, 0.717) is 67.1 Å². The summed E-state index contributed by atoms with van der Waals surface area (Å²) in [5.74, 6) is 0.0300. The number of halogens is 2. The Morgan fingerprint density at radius 1 is 0.389 bits per heavy atom. The predicted octanol–water partition coefficient (Wildman–Crippen LogP) is 17.9. The van der Waals surface area contributed by atoms with Gasteiger partial charge in [0.2, 0.25) is 0 Å². The molecule has 0 N–H and O–H groups in total. The lowest BCUT2D eigenvalue weighted by Gasteiger charge is -2.60. The largest absolute Gasteiger partial charge is 0.379 e. The minimum atomic E-state index is -2.42. The second kappa shape index (κ2) is 39.1. The quantitative estimate of drug-likeness (QED) is 0.264. The van der Waals surface area contributed by atoms with Crippen molar-refractivity contribution in [3.63, 3.8) is 0 Å². The molecule has 1 aliphatic carbocycles. The molecule has 634 valence electrons. The first-order valence-electron chi connectivity index (χ1n) is 42.6. The van der Waals surface area contributed by atoms with E-state index in [1.807, 2.05) is 41.5 Å². The van der Waals surface area contributed by atoms with Gasteiger partial charge in [-0.05, 0) is 343 Å². The van der Waals surface area contributed by atoms with Gasteiger partial charge in [0.25, 0.3) is 17.7 Å². The van der Waals surface area contributed by atoms with E-state index >= 15 is 0 Å². The molecule has 1 saturated carbocycles. The highest BCUT2D eigenvalue weighted by atomic mass is 19.3. The van der Waals surface area contributed by atoms with Gasteiger partial charge in [0.05, 0.1) is 30.3 Å². The Morgan fingerprint density at radius 3 is 0.870 bits per heavy atom. The number of fused-ring (bicyclic) bond motifs is 1. The molecule has 0 radical (unpaired) electrons. The number of imide groups is 1. The van der Waals surface area contributed by atoms with Crippen molar-refractivity contribution in [1.29, 1.82) is 0 Å². The number of carbonyl (C=O) groups excluding carboxylic acids is 2. The summed E-state index contributed by atoms with van der Waals surface area (Å²) in [6.45, 7) is 99.2. The summed E-state index contributed by atoms with van der Waals surface area (Å²) in [4.78, 5) is 51.8. The zero-order valence-corrected chi connectivity index (χ0v) is 78.4. The lowest BCUT2D eigenvalue weighted by atomic mass is 9.62. The fourth-order valence-electron chi connectivity index (χ4n) is 15.3. The topological polar surface area (TPSA) is 82.3 Å². The molecule has 13 rings (SSSR count). The maximum atomic E-state index is 12.3. The summed E-state index contributed by atoms with van der Waals surface area (Å²) < 4.78 is 29.7. The number of carbonyl (C=O) groups is 2. The number of hydrogen-bond donors (Lipinski definition) is 0. The Hall–Kier alpha value is -2.26. The molecule has 11 aliphatic heterocycles. The van der Waals surface area contributed by atoms with Crippen LogP contribution in [0.1, 0.15) is 308 Å². The minimum absolute atomic E-state index is 0.0729. The van der Waals surface area contributed by atoms with Crippen LogP contribution in [-0.2, 0) is 4.74 Å². The highest BCUT2D eigenvalue weighted by molar-refractivity contribution is 6.21. The van der Waals surface area contributed by atoms with Gasteiger partial charge in [-0.1, -0.05) is 39.3 Å². The summed E-state index contributed by atoms with van der Waals surface area (Å²) >= 11 is 0. The Morgan fingerprint density at radius 2 is 0.704 bits per heavy atom. The predicted molar refractivity (Wildman–Crippen MR) is 461 cm³/mol. The van der Waals surface area contributed by atoms with Crippen molar-refractivity contribution in [2.24, 2.45) is 23.2 Å². The maximum absolute atomic E-state index is 12.3. The number of methoxy groups -OCH3 is 1. The Kier molecular flexibility index (Phi) is 36.2. The average molecular weight is 1530 g/mol. The van der Waals surface area contributed by atoms with E-state index in [1.165, 1.54) is 148 Å². The maximum Gasteiger partial charge on any atom is 0.272 e. The van der Waals surface area contributed by atoms with E-state index in [2.05, 4.69) is 271 Å². The van der Waals surface area contributed by atoms with Crippen LogP contribution in [-0.4, -0.2) is 302 Å². The Balaban J connectivity index is 0.000000310. The molecule has 108 heavy (non-hydrogen) atoms. The first kappa shape index (κ1) is 99.9. The molecule has 10 saturated heterocycles. The number of alkyl halides is 2. The summed E-state index contributed by atoms with van der Waals surface area (Å²) in [6.07, 6.45) is 10.5. The molecule has 11 heterocycles. The molecule has 1 aromatic carbocycles. The molecule has 0 aromatic heterocycles. The molecular formula is C91H178F2N12O3. The molecule has 1 aromatic rings. The molecule has 15 nitrogen and oxygen atoms in total. The van der Waals surface area contributed by atoms with Crippen molar-refractivity contribution in [1.82, 2.24) is 58.8 Å². The van der Waals surface area contributed by atoms with E-state index in [0.717, 1.165) is 42.3 Å². The van der Waals surface area contributed by atoms with Gasteiger partial charge in [-0.25, -0.2) is 8.78 Å².